The molecule has 1 aromatic carbocycles. The first-order valence-electron chi connectivity index (χ1n) is 9.17. The number of benzene rings is 1. The highest BCUT2D eigenvalue weighted by molar-refractivity contribution is 5.76. The lowest BCUT2D eigenvalue weighted by Crippen LogP contribution is -2.34. The fourth-order valence-electron chi connectivity index (χ4n) is 3.45. The van der Waals surface area contributed by atoms with Crippen LogP contribution in [-0.2, 0) is 11.2 Å². The first kappa shape index (κ1) is 18.8. The number of nitrogens with one attached hydrogen (secondary N) is 1. The number of rotatable bonds is 8. The van der Waals surface area contributed by atoms with Crippen molar-refractivity contribution in [2.75, 3.05) is 33.8 Å². The van der Waals surface area contributed by atoms with Gasteiger partial charge < -0.3 is 15.0 Å². The van der Waals surface area contributed by atoms with Crippen molar-refractivity contribution in [2.24, 2.45) is 11.8 Å². The quantitative estimate of drug-likeness (QED) is 0.795. The molecule has 4 nitrogen and oxygen atoms in total. The molecule has 1 aromatic rings. The van der Waals surface area contributed by atoms with Crippen molar-refractivity contribution >= 4 is 5.91 Å². The monoisotopic (exact) mass is 332 g/mol. The summed E-state index contributed by atoms with van der Waals surface area (Å²) in [6.45, 7) is 5.25. The summed E-state index contributed by atoms with van der Waals surface area (Å²) in [6, 6.07) is 8.18. The van der Waals surface area contributed by atoms with Crippen LogP contribution in [0.2, 0.25) is 0 Å². The zero-order chi connectivity index (χ0) is 17.4. The first-order chi connectivity index (χ1) is 11.6. The number of carbonyl (C=O) groups excluding carboxylic acids is 1. The van der Waals surface area contributed by atoms with E-state index in [9.17, 15) is 4.79 Å². The summed E-state index contributed by atoms with van der Waals surface area (Å²) in [4.78, 5) is 14.3. The summed E-state index contributed by atoms with van der Waals surface area (Å²) in [6.07, 6.45) is 5.08. The molecule has 1 heterocycles. The van der Waals surface area contributed by atoms with Crippen LogP contribution >= 0.6 is 0 Å². The number of aryl methyl sites for hydroxylation is 1. The van der Waals surface area contributed by atoms with Gasteiger partial charge in [0.25, 0.3) is 0 Å². The molecule has 0 aliphatic carbocycles. The van der Waals surface area contributed by atoms with Crippen molar-refractivity contribution in [2.45, 2.75) is 39.0 Å². The summed E-state index contributed by atoms with van der Waals surface area (Å²) in [5, 5.41) is 3.39. The number of ether oxygens (including phenoxy) is 1. The Kier molecular flexibility index (Phi) is 7.57. The fourth-order valence-corrected chi connectivity index (χ4v) is 3.45. The van der Waals surface area contributed by atoms with E-state index in [4.69, 9.17) is 4.74 Å². The van der Waals surface area contributed by atoms with E-state index in [2.05, 4.69) is 24.4 Å². The number of piperidine rings is 1. The molecule has 134 valence electrons. The zero-order valence-electron chi connectivity index (χ0n) is 15.4. The largest absolute Gasteiger partial charge is 0.497 e. The van der Waals surface area contributed by atoms with Gasteiger partial charge in [0.1, 0.15) is 5.75 Å². The van der Waals surface area contributed by atoms with Crippen LogP contribution in [0.5, 0.6) is 5.75 Å². The maximum Gasteiger partial charge on any atom is 0.222 e. The highest BCUT2D eigenvalue weighted by Crippen LogP contribution is 2.24. The van der Waals surface area contributed by atoms with Gasteiger partial charge >= 0.3 is 0 Å². The SMILES string of the molecule is COc1ccc(CCCN(C)C(=O)CC(C)C2CCNCC2)cc1. The molecule has 1 aliphatic rings. The molecule has 0 bridgehead atoms. The van der Waals surface area contributed by atoms with Crippen molar-refractivity contribution in [3.63, 3.8) is 0 Å². The topological polar surface area (TPSA) is 41.6 Å². The molecule has 1 N–H and O–H groups in total. The molecule has 24 heavy (non-hydrogen) atoms. The Labute approximate surface area is 146 Å². The van der Waals surface area contributed by atoms with Gasteiger partial charge in [-0.1, -0.05) is 19.1 Å². The molecule has 1 saturated heterocycles. The Morgan fingerprint density at radius 1 is 1.29 bits per heavy atom. The second kappa shape index (κ2) is 9.67. The third-order valence-electron chi connectivity index (χ3n) is 5.23. The lowest BCUT2D eigenvalue weighted by Gasteiger charge is -2.29. The first-order valence-corrected chi connectivity index (χ1v) is 9.17. The van der Waals surface area contributed by atoms with E-state index in [0.29, 0.717) is 18.3 Å². The lowest BCUT2D eigenvalue weighted by molar-refractivity contribution is -0.131. The van der Waals surface area contributed by atoms with Crippen LogP contribution in [-0.4, -0.2) is 44.6 Å². The summed E-state index contributed by atoms with van der Waals surface area (Å²) in [7, 11) is 3.62. The van der Waals surface area contributed by atoms with Gasteiger partial charge in [-0.3, -0.25) is 4.79 Å². The molecule has 0 radical (unpaired) electrons. The number of nitrogens with zero attached hydrogens (tertiary/aromatic N) is 1. The summed E-state index contributed by atoms with van der Waals surface area (Å²) >= 11 is 0. The van der Waals surface area contributed by atoms with Gasteiger partial charge in [-0.05, 0) is 68.3 Å². The minimum atomic E-state index is 0.288. The Bertz CT molecular complexity index is 495. The number of amides is 1. The molecule has 4 heteroatoms. The number of hydrogen-bond acceptors (Lipinski definition) is 3. The molecule has 2 rings (SSSR count). The molecule has 0 saturated carbocycles. The minimum absolute atomic E-state index is 0.288. The van der Waals surface area contributed by atoms with E-state index in [1.54, 1.807) is 7.11 Å². The van der Waals surface area contributed by atoms with Crippen LogP contribution in [0.1, 0.15) is 38.2 Å². The highest BCUT2D eigenvalue weighted by Gasteiger charge is 2.23. The number of hydrogen-bond donors (Lipinski definition) is 1. The van der Waals surface area contributed by atoms with Crippen molar-refractivity contribution in [3.05, 3.63) is 29.8 Å². The van der Waals surface area contributed by atoms with E-state index in [-0.39, 0.29) is 5.91 Å². The minimum Gasteiger partial charge on any atom is -0.497 e. The predicted molar refractivity (Wildman–Crippen MR) is 98.3 cm³/mol. The van der Waals surface area contributed by atoms with E-state index in [1.165, 1.54) is 18.4 Å². The normalized spacial score (nSPS) is 16.6. The van der Waals surface area contributed by atoms with Gasteiger partial charge in [0.2, 0.25) is 5.91 Å². The Balaban J connectivity index is 1.68. The lowest BCUT2D eigenvalue weighted by atomic mass is 9.84. The molecular formula is C20H32N2O2. The standard InChI is InChI=1S/C20H32N2O2/c1-16(18-10-12-21-13-11-18)15-20(23)22(2)14-4-5-17-6-8-19(24-3)9-7-17/h6-9,16,18,21H,4-5,10-15H2,1-3H3. The van der Waals surface area contributed by atoms with Gasteiger partial charge in [-0.15, -0.1) is 0 Å². The summed E-state index contributed by atoms with van der Waals surface area (Å²) in [5.74, 6) is 2.36. The van der Waals surface area contributed by atoms with Gasteiger partial charge in [0, 0.05) is 20.0 Å². The van der Waals surface area contributed by atoms with Gasteiger partial charge in [-0.25, -0.2) is 0 Å². The van der Waals surface area contributed by atoms with E-state index >= 15 is 0 Å². The van der Waals surface area contributed by atoms with Gasteiger partial charge in [-0.2, -0.15) is 0 Å². The van der Waals surface area contributed by atoms with Gasteiger partial charge in [0.05, 0.1) is 7.11 Å². The Morgan fingerprint density at radius 3 is 2.58 bits per heavy atom. The second-order valence-corrected chi connectivity index (χ2v) is 7.04. The van der Waals surface area contributed by atoms with Crippen LogP contribution in [0.3, 0.4) is 0 Å². The van der Waals surface area contributed by atoms with Crippen LogP contribution in [0.15, 0.2) is 24.3 Å². The Hall–Kier alpha value is -1.55. The third kappa shape index (κ3) is 5.82. The summed E-state index contributed by atoms with van der Waals surface area (Å²) in [5.41, 5.74) is 1.29. The van der Waals surface area contributed by atoms with Crippen molar-refractivity contribution in [1.29, 1.82) is 0 Å². The molecule has 1 aliphatic heterocycles. The van der Waals surface area contributed by atoms with E-state index in [1.807, 2.05) is 24.1 Å². The average molecular weight is 332 g/mol. The molecule has 0 spiro atoms. The van der Waals surface area contributed by atoms with Crippen LogP contribution < -0.4 is 10.1 Å². The fraction of sp³-hybridized carbons (Fsp3) is 0.650. The highest BCUT2D eigenvalue weighted by atomic mass is 16.5. The predicted octanol–water partition coefficient (Wildman–Crippen LogP) is 3.11. The maximum atomic E-state index is 12.4. The molecule has 1 amide bonds. The molecule has 1 unspecified atom stereocenters. The molecule has 0 aromatic heterocycles. The number of methoxy groups -OCH3 is 1. The smallest absolute Gasteiger partial charge is 0.222 e. The Morgan fingerprint density at radius 2 is 1.96 bits per heavy atom. The molecular weight excluding hydrogens is 300 g/mol. The van der Waals surface area contributed by atoms with Crippen LogP contribution in [0, 0.1) is 11.8 Å². The van der Waals surface area contributed by atoms with Crippen LogP contribution in [0.4, 0.5) is 0 Å². The zero-order valence-corrected chi connectivity index (χ0v) is 15.4. The second-order valence-electron chi connectivity index (χ2n) is 7.04. The molecule has 1 fully saturated rings. The third-order valence-corrected chi connectivity index (χ3v) is 5.23. The summed E-state index contributed by atoms with van der Waals surface area (Å²) < 4.78 is 5.17. The van der Waals surface area contributed by atoms with Crippen molar-refractivity contribution in [3.8, 4) is 5.75 Å². The van der Waals surface area contributed by atoms with Crippen molar-refractivity contribution in [1.82, 2.24) is 10.2 Å². The maximum absolute atomic E-state index is 12.4. The van der Waals surface area contributed by atoms with E-state index < -0.39 is 0 Å². The van der Waals surface area contributed by atoms with Crippen molar-refractivity contribution < 1.29 is 9.53 Å². The van der Waals surface area contributed by atoms with Crippen LogP contribution in [0.25, 0.3) is 0 Å². The van der Waals surface area contributed by atoms with Gasteiger partial charge in [0.15, 0.2) is 0 Å². The van der Waals surface area contributed by atoms with E-state index in [0.717, 1.165) is 38.2 Å². The average Bonchev–Trinajstić information content (AvgIpc) is 2.62. The molecule has 1 atom stereocenters. The number of carbonyl (C=O) groups is 1.